The molecule has 19 N–H and O–H groups in total. The lowest BCUT2D eigenvalue weighted by Crippen LogP contribution is -2.49. The minimum atomic E-state index is -1.59. The van der Waals surface area contributed by atoms with Crippen LogP contribution in [0, 0.1) is 56.0 Å². The standard InChI is InChI=1S/C39H48FN7O5S.C30H32FN7O2.C22H29FN4O2S.C17H21N3O4.ClH/c1-24-19-33(47(45-24)29-10-8-9-26(20-29)22-43-36(50)52-37(2,3)4)35(49)44-32-21-27(13-15-30(32)40)39(18-17-25-11-12-25,46-53(51)38(5,6)7)28-14-16-31(34(41)48)42-23-28;1-18-13-27(38(37-18)23-4-2-3-20(14-23)16-32)29(40)36-26-15-21(7-9-24(26)31)30(34,12-11-19-5-6-19)22-8-10-25(28(33)39)35-17-22;1-21(2,3)30(29)27-22(11-10-14-4-5-14,15-6-8-17(23)18(24)12-15)16-7-9-19(20(25)28)26-13-16;1-11-8-14(15(21)22)20(19-11)13-7-5-6-12(9-13)10-18-16(23)24-17(2,3)4;/h8-10,13-16,19-21,23,25,46H,11-12,17-18,22H2,1-7H3,(H2,41,48)(H,43,50)(H,44,49);2-4,7-10,13-15,17,19H,5-6,11-12,16,32,34H2,1H3,(H2,33,39)(H,36,40);6-9,12-14,27H,4-5,10-11,24H2,1-3H3,(H2,25,28);5-9H,10H2,1-4H3,(H,18,23)(H,21,22);1H/t39?,53-;;;;/m1..../s1. The maximum atomic E-state index is 15.7. The summed E-state index contributed by atoms with van der Waals surface area (Å²) < 4.78 is 92.1. The van der Waals surface area contributed by atoms with Crippen LogP contribution in [0.1, 0.15) is 290 Å². The Morgan fingerprint density at radius 2 is 0.757 bits per heavy atom. The molecule has 786 valence electrons. The molecule has 5 atom stereocenters. The summed E-state index contributed by atoms with van der Waals surface area (Å²) in [6.07, 6.45) is 14.6. The molecule has 0 radical (unpaired) electrons. The van der Waals surface area contributed by atoms with Gasteiger partial charge in [-0.05, 0) is 319 Å². The molecule has 3 fully saturated rings. The first-order valence-electron chi connectivity index (χ1n) is 48.3. The summed E-state index contributed by atoms with van der Waals surface area (Å²) in [4.78, 5) is 110. The molecule has 6 aromatic carbocycles. The van der Waals surface area contributed by atoms with Gasteiger partial charge in [-0.1, -0.05) is 111 Å². The molecule has 6 heterocycles. The fourth-order valence-corrected chi connectivity index (χ4v) is 18.0. The van der Waals surface area contributed by atoms with Gasteiger partial charge in [0.25, 0.3) is 29.5 Å². The second kappa shape index (κ2) is 48.2. The maximum Gasteiger partial charge on any atom is 0.407 e. The van der Waals surface area contributed by atoms with Gasteiger partial charge in [-0.25, -0.2) is 59.5 Å². The van der Waals surface area contributed by atoms with E-state index < -0.39 is 124 Å². The number of nitrogens with zero attached hydrogens (tertiary/aromatic N) is 9. The Kier molecular flexibility index (Phi) is 37.1. The van der Waals surface area contributed by atoms with Crippen molar-refractivity contribution in [2.24, 2.45) is 46.4 Å². The van der Waals surface area contributed by atoms with Gasteiger partial charge in [-0.2, -0.15) is 15.3 Å². The van der Waals surface area contributed by atoms with Gasteiger partial charge < -0.3 is 70.2 Å². The quantitative estimate of drug-likeness (QED) is 0.0164. The predicted molar refractivity (Wildman–Crippen MR) is 565 cm³/mol. The maximum absolute atomic E-state index is 15.7. The molecule has 148 heavy (non-hydrogen) atoms. The van der Waals surface area contributed by atoms with Gasteiger partial charge in [0.1, 0.15) is 57.1 Å². The van der Waals surface area contributed by atoms with Crippen LogP contribution in [0.15, 0.2) is 201 Å². The Morgan fingerprint density at radius 1 is 0.426 bits per heavy atom. The molecule has 12 aromatic rings. The number of nitrogens with one attached hydrogen (secondary N) is 6. The number of hydrogen-bond donors (Lipinski definition) is 13. The summed E-state index contributed by atoms with van der Waals surface area (Å²) in [5.41, 5.74) is 41.3. The third kappa shape index (κ3) is 30.5. The monoisotopic (exact) mass is 2090 g/mol. The Balaban J connectivity index is 0.000000195. The highest BCUT2D eigenvalue weighted by Crippen LogP contribution is 2.46. The van der Waals surface area contributed by atoms with Crippen molar-refractivity contribution in [3.8, 4) is 17.1 Å². The highest BCUT2D eigenvalue weighted by atomic mass is 35.5. The van der Waals surface area contributed by atoms with E-state index in [-0.39, 0.29) is 76.7 Å². The van der Waals surface area contributed by atoms with Crippen LogP contribution in [0.3, 0.4) is 0 Å². The van der Waals surface area contributed by atoms with Gasteiger partial charge >= 0.3 is 18.2 Å². The number of hydrogen-bond acceptors (Lipinski definition) is 21. The number of carbonyl (C=O) groups is 8. The summed E-state index contributed by atoms with van der Waals surface area (Å²) in [6.45, 7) is 28.0. The number of aromatic carboxylic acids is 1. The summed E-state index contributed by atoms with van der Waals surface area (Å²) in [5, 5.41) is 33.3. The Bertz CT molecular complexity index is 6870. The number of halogens is 4. The average Bonchev–Trinajstić information content (AvgIpc) is 1.21. The normalized spacial score (nSPS) is 14.6. The Morgan fingerprint density at radius 3 is 1.10 bits per heavy atom. The number of carboxylic acids is 1. The van der Waals surface area contributed by atoms with Crippen molar-refractivity contribution in [2.75, 3.05) is 16.4 Å². The molecule has 7 amide bonds. The van der Waals surface area contributed by atoms with Crippen molar-refractivity contribution in [1.82, 2.24) is 64.4 Å². The van der Waals surface area contributed by atoms with Gasteiger partial charge in [0.05, 0.1) is 99.3 Å². The zero-order chi connectivity index (χ0) is 107. The van der Waals surface area contributed by atoms with Crippen LogP contribution >= 0.6 is 12.4 Å². The Labute approximate surface area is 869 Å². The molecular weight excluding hydrogens is 1960 g/mol. The second-order valence-electron chi connectivity index (χ2n) is 41.1. The molecular formula is C108H131ClF3N21O13S2. The predicted octanol–water partition coefficient (Wildman–Crippen LogP) is 17.2. The lowest BCUT2D eigenvalue weighted by atomic mass is 9.80. The number of ether oxygens (including phenoxy) is 2. The number of nitrogen functional groups attached to an aromatic ring is 1. The molecule has 3 aliphatic carbocycles. The smallest absolute Gasteiger partial charge is 0.407 e. The van der Waals surface area contributed by atoms with Gasteiger partial charge in [0.15, 0.2) is 5.69 Å². The van der Waals surface area contributed by atoms with E-state index in [1.165, 1.54) is 75.7 Å². The van der Waals surface area contributed by atoms with E-state index in [1.807, 2.05) is 77.9 Å². The summed E-state index contributed by atoms with van der Waals surface area (Å²) in [5.74, 6) is -4.20. The molecule has 40 heteroatoms. The van der Waals surface area contributed by atoms with Crippen LogP contribution in [0.5, 0.6) is 0 Å². The summed E-state index contributed by atoms with van der Waals surface area (Å²) >= 11 is 0. The van der Waals surface area contributed by atoms with Crippen molar-refractivity contribution in [3.05, 3.63) is 319 Å². The number of aryl methyl sites for hydroxylation is 3. The number of aromatic nitrogens is 9. The molecule has 0 aliphatic heterocycles. The highest BCUT2D eigenvalue weighted by molar-refractivity contribution is 7.84. The molecule has 3 saturated carbocycles. The number of rotatable bonds is 35. The number of carboxylic acid groups (broad SMARTS) is 1. The van der Waals surface area contributed by atoms with Gasteiger partial charge in [0.2, 0.25) is 0 Å². The summed E-state index contributed by atoms with van der Waals surface area (Å²) in [6, 6.07) is 49.7. The molecule has 34 nitrogen and oxygen atoms in total. The number of nitrogens with two attached hydrogens (primary N) is 6. The SMILES string of the molecule is CC(C)(C)S(=O)NC(CCC1CC1)(c1ccc(C(N)=O)nc1)c1ccc(F)c(N)c1.Cc1cc(C(=O)Nc2cc(C(CCC3CC3)(N[S@](=O)C(C)(C)C)c3ccc(C(N)=O)nc3)ccc2F)n(-c2cccc(CNC(=O)OC(C)(C)C)c2)n1.Cc1cc(C(=O)Nc2cc(C(N)(CCC3CC3)c3ccc(C(N)=O)nc3)ccc2F)n(-c2cccc(CN)c2)n1.Cc1cc(C(=O)O)n(-c2cccc(CNC(=O)OC(C)(C)C)c2)n1.Cl. The highest BCUT2D eigenvalue weighted by Gasteiger charge is 2.44. The van der Waals surface area contributed by atoms with E-state index in [2.05, 4.69) is 61.0 Å². The van der Waals surface area contributed by atoms with Gasteiger partial charge in [-0.3, -0.25) is 38.9 Å². The largest absolute Gasteiger partial charge is 0.477 e. The van der Waals surface area contributed by atoms with E-state index in [1.54, 1.807) is 178 Å². The molecule has 0 saturated heterocycles. The molecule has 6 aromatic heterocycles. The number of anilines is 3. The lowest BCUT2D eigenvalue weighted by Gasteiger charge is -2.38. The van der Waals surface area contributed by atoms with Crippen LogP contribution in [0.4, 0.5) is 39.8 Å². The van der Waals surface area contributed by atoms with Crippen LogP contribution in [-0.4, -0.2) is 126 Å². The minimum absolute atomic E-state index is 0. The number of pyridine rings is 3. The van der Waals surface area contributed by atoms with Crippen molar-refractivity contribution < 1.29 is 74.5 Å². The molecule has 0 spiro atoms. The number of primary amides is 3. The zero-order valence-electron chi connectivity index (χ0n) is 85.6. The van der Waals surface area contributed by atoms with Crippen LogP contribution in [0.25, 0.3) is 17.1 Å². The fourth-order valence-electron chi connectivity index (χ4n) is 16.1. The van der Waals surface area contributed by atoms with E-state index in [0.717, 1.165) is 67.2 Å². The zero-order valence-corrected chi connectivity index (χ0v) is 88.0. The minimum Gasteiger partial charge on any atom is -0.477 e. The molecule has 15 rings (SSSR count). The van der Waals surface area contributed by atoms with Crippen molar-refractivity contribution >= 4 is 99.1 Å². The number of amides is 7. The summed E-state index contributed by atoms with van der Waals surface area (Å²) in [7, 11) is -3.03. The number of alkyl carbamates (subject to hydrolysis) is 2. The van der Waals surface area contributed by atoms with Crippen LogP contribution < -0.4 is 65.1 Å². The fraction of sp³-hybridized carbons (Fsp3) is 0.370. The number of carbonyl (C=O) groups excluding carboxylic acids is 7. The molecule has 0 bridgehead atoms. The van der Waals surface area contributed by atoms with E-state index in [0.29, 0.717) is 106 Å². The second-order valence-corrected chi connectivity index (χ2v) is 45.0. The van der Waals surface area contributed by atoms with E-state index in [4.69, 9.17) is 43.9 Å². The van der Waals surface area contributed by atoms with Crippen molar-refractivity contribution in [3.63, 3.8) is 0 Å². The molecule has 4 unspecified atom stereocenters. The third-order valence-corrected chi connectivity index (χ3v) is 27.9. The first-order valence-corrected chi connectivity index (χ1v) is 50.6. The van der Waals surface area contributed by atoms with Crippen LogP contribution in [-0.2, 0) is 67.7 Å². The van der Waals surface area contributed by atoms with Crippen LogP contribution in [0.2, 0.25) is 0 Å². The third-order valence-electron chi connectivity index (χ3n) is 24.6. The Hall–Kier alpha value is -14.2. The first-order chi connectivity index (χ1) is 69.2. The first kappa shape index (κ1) is 114. The topological polar surface area (TPSA) is 530 Å². The van der Waals surface area contributed by atoms with Gasteiger partial charge in [-0.15, -0.1) is 12.4 Å². The lowest BCUT2D eigenvalue weighted by molar-refractivity contribution is 0.0512. The van der Waals surface area contributed by atoms with Crippen molar-refractivity contribution in [2.45, 2.75) is 238 Å². The van der Waals surface area contributed by atoms with E-state index in [9.17, 15) is 56.3 Å². The molecule has 3 aliphatic rings. The van der Waals surface area contributed by atoms with E-state index >= 15 is 8.78 Å². The average molecular weight is 2090 g/mol. The van der Waals surface area contributed by atoms with Gasteiger partial charge in [0, 0.05) is 38.2 Å². The van der Waals surface area contributed by atoms with Crippen molar-refractivity contribution in [1.29, 1.82) is 0 Å². The number of benzene rings is 6.